The number of aromatic hydroxyl groups is 1. The Labute approximate surface area is 85.8 Å². The SMILES string of the molecule is COC(=O)N(N)C(=O)c1ccc(O)cc1. The molecule has 0 spiro atoms. The molecule has 1 aromatic carbocycles. The van der Waals surface area contributed by atoms with Crippen LogP contribution in [0.2, 0.25) is 0 Å². The summed E-state index contributed by atoms with van der Waals surface area (Å²) in [7, 11) is 1.12. The number of benzene rings is 1. The minimum atomic E-state index is -0.951. The third-order valence-corrected chi connectivity index (χ3v) is 1.70. The maximum atomic E-state index is 11.5. The van der Waals surface area contributed by atoms with E-state index in [1.165, 1.54) is 24.3 Å². The molecule has 0 heterocycles. The molecule has 80 valence electrons. The van der Waals surface area contributed by atoms with Crippen LogP contribution in [0.5, 0.6) is 5.75 Å². The first-order valence-electron chi connectivity index (χ1n) is 4.02. The number of hydrogen-bond acceptors (Lipinski definition) is 5. The maximum Gasteiger partial charge on any atom is 0.431 e. The molecular formula is C9H10N2O4. The first kappa shape index (κ1) is 11.0. The summed E-state index contributed by atoms with van der Waals surface area (Å²) in [6.45, 7) is 0. The van der Waals surface area contributed by atoms with Gasteiger partial charge in [0.2, 0.25) is 0 Å². The number of phenolic OH excluding ortho intramolecular Hbond substituents is 1. The molecule has 6 nitrogen and oxygen atoms in total. The molecular weight excluding hydrogens is 200 g/mol. The van der Waals surface area contributed by atoms with Gasteiger partial charge in [0.1, 0.15) is 5.75 Å². The maximum absolute atomic E-state index is 11.5. The summed E-state index contributed by atoms with van der Waals surface area (Å²) < 4.78 is 4.27. The Morgan fingerprint density at radius 1 is 1.33 bits per heavy atom. The molecule has 0 aliphatic rings. The van der Waals surface area contributed by atoms with Gasteiger partial charge < -0.3 is 9.84 Å². The van der Waals surface area contributed by atoms with E-state index >= 15 is 0 Å². The van der Waals surface area contributed by atoms with Crippen molar-refractivity contribution in [2.75, 3.05) is 7.11 Å². The quantitative estimate of drug-likeness (QED) is 0.399. The van der Waals surface area contributed by atoms with E-state index in [0.29, 0.717) is 5.01 Å². The summed E-state index contributed by atoms with van der Waals surface area (Å²) >= 11 is 0. The molecule has 0 saturated heterocycles. The van der Waals surface area contributed by atoms with E-state index in [2.05, 4.69) is 4.74 Å². The molecule has 0 unspecified atom stereocenters. The van der Waals surface area contributed by atoms with E-state index in [1.807, 2.05) is 0 Å². The highest BCUT2D eigenvalue weighted by molar-refractivity contribution is 6.02. The fourth-order valence-corrected chi connectivity index (χ4v) is 0.924. The van der Waals surface area contributed by atoms with Gasteiger partial charge in [-0.05, 0) is 24.3 Å². The van der Waals surface area contributed by atoms with Gasteiger partial charge in [0.25, 0.3) is 5.91 Å². The van der Waals surface area contributed by atoms with E-state index in [4.69, 9.17) is 10.9 Å². The minimum absolute atomic E-state index is 0.0215. The highest BCUT2D eigenvalue weighted by Crippen LogP contribution is 2.10. The summed E-state index contributed by atoms with van der Waals surface area (Å²) in [6, 6.07) is 5.33. The number of phenols is 1. The van der Waals surface area contributed by atoms with Crippen LogP contribution in [-0.2, 0) is 4.74 Å². The summed E-state index contributed by atoms with van der Waals surface area (Å²) in [5.74, 6) is 4.50. The Morgan fingerprint density at radius 2 is 1.87 bits per heavy atom. The van der Waals surface area contributed by atoms with Crippen molar-refractivity contribution in [3.05, 3.63) is 29.8 Å². The van der Waals surface area contributed by atoms with Gasteiger partial charge >= 0.3 is 6.09 Å². The molecule has 15 heavy (non-hydrogen) atoms. The molecule has 1 aromatic rings. The van der Waals surface area contributed by atoms with Crippen LogP contribution in [0.25, 0.3) is 0 Å². The van der Waals surface area contributed by atoms with Crippen LogP contribution in [0.15, 0.2) is 24.3 Å². The van der Waals surface area contributed by atoms with Gasteiger partial charge in [-0.3, -0.25) is 4.79 Å². The van der Waals surface area contributed by atoms with Gasteiger partial charge in [-0.2, -0.15) is 5.01 Å². The number of ether oxygens (including phenoxy) is 1. The average molecular weight is 210 g/mol. The molecule has 0 atom stereocenters. The van der Waals surface area contributed by atoms with Crippen molar-refractivity contribution < 1.29 is 19.4 Å². The number of hydrogen-bond donors (Lipinski definition) is 2. The predicted molar refractivity (Wildman–Crippen MR) is 50.9 cm³/mol. The zero-order chi connectivity index (χ0) is 11.4. The van der Waals surface area contributed by atoms with Gasteiger partial charge in [0, 0.05) is 5.56 Å². The lowest BCUT2D eigenvalue weighted by Gasteiger charge is -2.12. The number of nitrogens with two attached hydrogens (primary N) is 1. The second kappa shape index (κ2) is 4.43. The number of hydrazine groups is 1. The zero-order valence-electron chi connectivity index (χ0n) is 8.01. The molecule has 0 bridgehead atoms. The number of carbonyl (C=O) groups excluding carboxylic acids is 2. The van der Waals surface area contributed by atoms with Gasteiger partial charge in [-0.15, -0.1) is 0 Å². The van der Waals surface area contributed by atoms with E-state index in [-0.39, 0.29) is 11.3 Å². The van der Waals surface area contributed by atoms with E-state index in [1.54, 1.807) is 0 Å². The number of imide groups is 1. The van der Waals surface area contributed by atoms with Crippen molar-refractivity contribution in [1.29, 1.82) is 0 Å². The predicted octanol–water partition coefficient (Wildman–Crippen LogP) is 0.475. The van der Waals surface area contributed by atoms with Crippen LogP contribution in [-0.4, -0.2) is 29.2 Å². The highest BCUT2D eigenvalue weighted by atomic mass is 16.5. The van der Waals surface area contributed by atoms with Crippen LogP contribution in [0.1, 0.15) is 10.4 Å². The molecule has 1 rings (SSSR count). The van der Waals surface area contributed by atoms with Crippen LogP contribution < -0.4 is 5.84 Å². The van der Waals surface area contributed by atoms with Crippen LogP contribution in [0, 0.1) is 0 Å². The van der Waals surface area contributed by atoms with Crippen LogP contribution in [0.4, 0.5) is 4.79 Å². The Balaban J connectivity index is 2.85. The third kappa shape index (κ3) is 2.44. The van der Waals surface area contributed by atoms with Gasteiger partial charge in [-0.25, -0.2) is 10.6 Å². The molecule has 0 fully saturated rings. The number of nitrogens with zero attached hydrogens (tertiary/aromatic N) is 1. The van der Waals surface area contributed by atoms with Crippen molar-refractivity contribution in [2.24, 2.45) is 5.84 Å². The normalized spacial score (nSPS) is 9.47. The Bertz CT molecular complexity index is 374. The van der Waals surface area contributed by atoms with Crippen molar-refractivity contribution in [2.45, 2.75) is 0 Å². The molecule has 0 aliphatic carbocycles. The van der Waals surface area contributed by atoms with E-state index < -0.39 is 12.0 Å². The Hall–Kier alpha value is -2.08. The van der Waals surface area contributed by atoms with Gasteiger partial charge in [0.15, 0.2) is 0 Å². The van der Waals surface area contributed by atoms with Crippen molar-refractivity contribution in [3.63, 3.8) is 0 Å². The second-order valence-electron chi connectivity index (χ2n) is 2.69. The molecule has 0 radical (unpaired) electrons. The minimum Gasteiger partial charge on any atom is -0.508 e. The Morgan fingerprint density at radius 3 is 2.33 bits per heavy atom. The second-order valence-corrected chi connectivity index (χ2v) is 2.69. The van der Waals surface area contributed by atoms with Crippen molar-refractivity contribution >= 4 is 12.0 Å². The molecule has 3 N–H and O–H groups in total. The smallest absolute Gasteiger partial charge is 0.431 e. The topological polar surface area (TPSA) is 92.9 Å². The summed E-state index contributed by atoms with van der Waals surface area (Å²) in [6.07, 6.45) is -0.951. The number of amides is 2. The van der Waals surface area contributed by atoms with E-state index in [9.17, 15) is 9.59 Å². The Kier molecular flexibility index (Phi) is 3.25. The van der Waals surface area contributed by atoms with Crippen molar-refractivity contribution in [1.82, 2.24) is 5.01 Å². The lowest BCUT2D eigenvalue weighted by molar-refractivity contribution is 0.0706. The molecule has 2 amide bonds. The lowest BCUT2D eigenvalue weighted by Crippen LogP contribution is -2.42. The fraction of sp³-hybridized carbons (Fsp3) is 0.111. The largest absolute Gasteiger partial charge is 0.508 e. The van der Waals surface area contributed by atoms with E-state index in [0.717, 1.165) is 7.11 Å². The van der Waals surface area contributed by atoms with Crippen LogP contribution in [0.3, 0.4) is 0 Å². The monoisotopic (exact) mass is 210 g/mol. The molecule has 0 saturated carbocycles. The number of carbonyl (C=O) groups is 2. The highest BCUT2D eigenvalue weighted by Gasteiger charge is 2.19. The lowest BCUT2D eigenvalue weighted by atomic mass is 10.2. The molecule has 6 heteroatoms. The van der Waals surface area contributed by atoms with Crippen LogP contribution >= 0.6 is 0 Å². The van der Waals surface area contributed by atoms with Gasteiger partial charge in [-0.1, -0.05) is 0 Å². The molecule has 0 aromatic heterocycles. The first-order valence-corrected chi connectivity index (χ1v) is 4.02. The first-order chi connectivity index (χ1) is 7.06. The third-order valence-electron chi connectivity index (χ3n) is 1.70. The number of methoxy groups -OCH3 is 1. The van der Waals surface area contributed by atoms with Gasteiger partial charge in [0.05, 0.1) is 7.11 Å². The molecule has 0 aliphatic heterocycles. The summed E-state index contributed by atoms with van der Waals surface area (Å²) in [4.78, 5) is 22.4. The summed E-state index contributed by atoms with van der Waals surface area (Å²) in [5, 5.41) is 9.34. The fourth-order valence-electron chi connectivity index (χ4n) is 0.924. The number of rotatable bonds is 1. The van der Waals surface area contributed by atoms with Crippen molar-refractivity contribution in [3.8, 4) is 5.75 Å². The summed E-state index contributed by atoms with van der Waals surface area (Å²) in [5.41, 5.74) is 0.181. The zero-order valence-corrected chi connectivity index (χ0v) is 8.01. The standard InChI is InChI=1S/C9H10N2O4/c1-15-9(14)11(10)8(13)6-2-4-7(12)5-3-6/h2-5,12H,10H2,1H3. The average Bonchev–Trinajstić information content (AvgIpc) is 2.27.